The molecule has 0 aliphatic carbocycles. The van der Waals surface area contributed by atoms with Gasteiger partial charge in [0, 0.05) is 18.3 Å². The Kier molecular flexibility index (Phi) is 3.48. The molecule has 1 N–H and O–H groups in total. The van der Waals surface area contributed by atoms with Crippen LogP contribution in [0.25, 0.3) is 0 Å². The Hall–Kier alpha value is -2.56. The van der Waals surface area contributed by atoms with Crippen molar-refractivity contribution >= 4 is 17.6 Å². The topological polar surface area (TPSA) is 70.7 Å². The second kappa shape index (κ2) is 5.44. The van der Waals surface area contributed by atoms with E-state index in [1.54, 1.807) is 4.90 Å². The third kappa shape index (κ3) is 2.54. The van der Waals surface area contributed by atoms with Gasteiger partial charge in [-0.25, -0.2) is 4.79 Å². The average molecular weight is 285 g/mol. The minimum atomic E-state index is -1.10. The number of fused-ring (bicyclic) bond motifs is 1. The number of aromatic carboxylic acids is 1. The highest BCUT2D eigenvalue weighted by atomic mass is 16.4. The molecule has 0 saturated heterocycles. The minimum absolute atomic E-state index is 0.0125. The summed E-state index contributed by atoms with van der Waals surface area (Å²) < 4.78 is 5.12. The monoisotopic (exact) mass is 285 g/mol. The van der Waals surface area contributed by atoms with Gasteiger partial charge in [-0.2, -0.15) is 0 Å². The van der Waals surface area contributed by atoms with Gasteiger partial charge in [0.15, 0.2) is 5.76 Å². The number of para-hydroxylation sites is 1. The molecule has 2 heterocycles. The summed E-state index contributed by atoms with van der Waals surface area (Å²) in [7, 11) is 0. The number of nitrogens with zero attached hydrogens (tertiary/aromatic N) is 1. The van der Waals surface area contributed by atoms with E-state index in [0.29, 0.717) is 6.54 Å². The lowest BCUT2D eigenvalue weighted by Crippen LogP contribution is -2.31. The predicted octanol–water partition coefficient (Wildman–Crippen LogP) is 2.96. The van der Waals surface area contributed by atoms with Gasteiger partial charge in [0.2, 0.25) is 0 Å². The highest BCUT2D eigenvalue weighted by molar-refractivity contribution is 6.05. The molecule has 1 aliphatic rings. The lowest BCUT2D eigenvalue weighted by atomic mass is 10.1. The number of benzene rings is 1. The molecular weight excluding hydrogens is 270 g/mol. The van der Waals surface area contributed by atoms with E-state index in [0.717, 1.165) is 36.8 Å². The fraction of sp³-hybridized carbons (Fsp3) is 0.250. The lowest BCUT2D eigenvalue weighted by molar-refractivity contribution is 0.0696. The molecule has 1 amide bonds. The van der Waals surface area contributed by atoms with Gasteiger partial charge in [-0.15, -0.1) is 0 Å². The quantitative estimate of drug-likeness (QED) is 0.920. The van der Waals surface area contributed by atoms with Crippen molar-refractivity contribution < 1.29 is 19.1 Å². The molecule has 5 nitrogen and oxygen atoms in total. The number of furan rings is 1. The van der Waals surface area contributed by atoms with Crippen LogP contribution in [0, 0.1) is 0 Å². The number of rotatable bonds is 2. The molecule has 1 aliphatic heterocycles. The number of carbonyl (C=O) groups is 2. The Balaban J connectivity index is 1.95. The summed E-state index contributed by atoms with van der Waals surface area (Å²) in [5.74, 6) is -1.34. The molecule has 0 radical (unpaired) electrons. The summed E-state index contributed by atoms with van der Waals surface area (Å²) in [6, 6.07) is 9.07. The smallest absolute Gasteiger partial charge is 0.338 e. The number of hydrogen-bond donors (Lipinski definition) is 1. The van der Waals surface area contributed by atoms with Gasteiger partial charge >= 0.3 is 5.97 Å². The molecule has 0 unspecified atom stereocenters. The standard InChI is InChI=1S/C16H15NO4/c18-15(14-9-12(10-21-14)16(19)20)17-8-4-3-6-11-5-1-2-7-13(11)17/h1-2,5,7,9-10H,3-4,6,8H2,(H,19,20). The van der Waals surface area contributed by atoms with Crippen molar-refractivity contribution in [1.82, 2.24) is 0 Å². The van der Waals surface area contributed by atoms with E-state index in [-0.39, 0.29) is 17.2 Å². The van der Waals surface area contributed by atoms with Gasteiger partial charge in [-0.1, -0.05) is 18.2 Å². The maximum absolute atomic E-state index is 12.6. The Morgan fingerprint density at radius 3 is 2.76 bits per heavy atom. The summed E-state index contributed by atoms with van der Waals surface area (Å²) in [5, 5.41) is 8.91. The van der Waals surface area contributed by atoms with Gasteiger partial charge in [-0.3, -0.25) is 4.79 Å². The van der Waals surface area contributed by atoms with Crippen LogP contribution >= 0.6 is 0 Å². The van der Waals surface area contributed by atoms with Crippen molar-refractivity contribution in [2.45, 2.75) is 19.3 Å². The zero-order valence-corrected chi connectivity index (χ0v) is 11.4. The van der Waals surface area contributed by atoms with Crippen molar-refractivity contribution in [3.8, 4) is 0 Å². The van der Waals surface area contributed by atoms with Crippen LogP contribution in [0.15, 0.2) is 41.0 Å². The van der Waals surface area contributed by atoms with E-state index in [2.05, 4.69) is 0 Å². The molecule has 108 valence electrons. The molecular formula is C16H15NO4. The molecule has 0 fully saturated rings. The van der Waals surface area contributed by atoms with E-state index in [1.165, 1.54) is 6.07 Å². The highest BCUT2D eigenvalue weighted by Crippen LogP contribution is 2.27. The Morgan fingerprint density at radius 2 is 2.00 bits per heavy atom. The van der Waals surface area contributed by atoms with Crippen molar-refractivity contribution in [2.24, 2.45) is 0 Å². The number of aryl methyl sites for hydroxylation is 1. The average Bonchev–Trinajstić information content (AvgIpc) is 2.88. The number of carbonyl (C=O) groups excluding carboxylic acids is 1. The molecule has 1 aromatic heterocycles. The molecule has 5 heteroatoms. The number of carboxylic acid groups (broad SMARTS) is 1. The molecule has 0 atom stereocenters. The Labute approximate surface area is 121 Å². The first-order valence-corrected chi connectivity index (χ1v) is 6.88. The fourth-order valence-electron chi connectivity index (χ4n) is 2.60. The predicted molar refractivity (Wildman–Crippen MR) is 76.7 cm³/mol. The lowest BCUT2D eigenvalue weighted by Gasteiger charge is -2.21. The van der Waals surface area contributed by atoms with Gasteiger partial charge in [0.05, 0.1) is 5.56 Å². The highest BCUT2D eigenvalue weighted by Gasteiger charge is 2.25. The Bertz CT molecular complexity index is 689. The van der Waals surface area contributed by atoms with Gasteiger partial charge in [-0.05, 0) is 30.9 Å². The zero-order valence-electron chi connectivity index (χ0n) is 11.4. The number of carboxylic acids is 1. The first-order chi connectivity index (χ1) is 10.2. The molecule has 0 bridgehead atoms. The van der Waals surface area contributed by atoms with Crippen molar-refractivity contribution in [3.05, 3.63) is 53.5 Å². The first-order valence-electron chi connectivity index (χ1n) is 6.88. The van der Waals surface area contributed by atoms with Crippen LogP contribution in [0.4, 0.5) is 5.69 Å². The minimum Gasteiger partial charge on any atom is -0.478 e. The summed E-state index contributed by atoms with van der Waals surface area (Å²) in [4.78, 5) is 25.1. The van der Waals surface area contributed by atoms with Crippen LogP contribution in [-0.2, 0) is 6.42 Å². The third-order valence-electron chi connectivity index (χ3n) is 3.66. The van der Waals surface area contributed by atoms with Crippen LogP contribution in [0.2, 0.25) is 0 Å². The van der Waals surface area contributed by atoms with E-state index < -0.39 is 5.97 Å². The van der Waals surface area contributed by atoms with Crippen LogP contribution in [0.1, 0.15) is 39.3 Å². The SMILES string of the molecule is O=C(O)c1coc(C(=O)N2CCCCc3ccccc32)c1. The second-order valence-corrected chi connectivity index (χ2v) is 5.05. The fourth-order valence-corrected chi connectivity index (χ4v) is 2.60. The summed E-state index contributed by atoms with van der Waals surface area (Å²) in [5.41, 5.74) is 2.00. The summed E-state index contributed by atoms with van der Waals surface area (Å²) >= 11 is 0. The van der Waals surface area contributed by atoms with Gasteiger partial charge < -0.3 is 14.4 Å². The summed E-state index contributed by atoms with van der Waals surface area (Å²) in [6.07, 6.45) is 3.98. The number of anilines is 1. The molecule has 3 rings (SSSR count). The van der Waals surface area contributed by atoms with Crippen LogP contribution < -0.4 is 4.90 Å². The number of amides is 1. The molecule has 2 aromatic rings. The zero-order chi connectivity index (χ0) is 14.8. The molecule has 0 spiro atoms. The maximum atomic E-state index is 12.6. The van der Waals surface area contributed by atoms with Crippen molar-refractivity contribution in [2.75, 3.05) is 11.4 Å². The maximum Gasteiger partial charge on any atom is 0.338 e. The van der Waals surface area contributed by atoms with Crippen molar-refractivity contribution in [3.63, 3.8) is 0 Å². The Morgan fingerprint density at radius 1 is 1.19 bits per heavy atom. The van der Waals surface area contributed by atoms with E-state index in [9.17, 15) is 9.59 Å². The van der Waals surface area contributed by atoms with Crippen LogP contribution in [0.3, 0.4) is 0 Å². The third-order valence-corrected chi connectivity index (χ3v) is 3.66. The van der Waals surface area contributed by atoms with Crippen molar-refractivity contribution in [1.29, 1.82) is 0 Å². The second-order valence-electron chi connectivity index (χ2n) is 5.05. The molecule has 21 heavy (non-hydrogen) atoms. The first kappa shape index (κ1) is 13.4. The van der Waals surface area contributed by atoms with Gasteiger partial charge in [0.25, 0.3) is 5.91 Å². The molecule has 0 saturated carbocycles. The molecule has 1 aromatic carbocycles. The summed E-state index contributed by atoms with van der Waals surface area (Å²) in [6.45, 7) is 0.610. The van der Waals surface area contributed by atoms with Gasteiger partial charge in [0.1, 0.15) is 6.26 Å². The normalized spacial score (nSPS) is 14.4. The van der Waals surface area contributed by atoms with Crippen LogP contribution in [0.5, 0.6) is 0 Å². The van der Waals surface area contributed by atoms with E-state index >= 15 is 0 Å². The van der Waals surface area contributed by atoms with Crippen LogP contribution in [-0.4, -0.2) is 23.5 Å². The number of hydrogen-bond acceptors (Lipinski definition) is 3. The van der Waals surface area contributed by atoms with E-state index in [1.807, 2.05) is 24.3 Å². The largest absolute Gasteiger partial charge is 0.478 e. The van der Waals surface area contributed by atoms with E-state index in [4.69, 9.17) is 9.52 Å².